The molecule has 0 fully saturated rings. The first-order chi connectivity index (χ1) is 13.2. The van der Waals surface area contributed by atoms with Crippen LogP contribution in [0.2, 0.25) is 0 Å². The van der Waals surface area contributed by atoms with Crippen molar-refractivity contribution in [3.8, 4) is 22.5 Å². The minimum atomic E-state index is -0.350. The number of rotatable bonds is 5. The Morgan fingerprint density at radius 2 is 1.63 bits per heavy atom. The molecule has 0 unspecified atom stereocenters. The second kappa shape index (κ2) is 7.72. The lowest BCUT2D eigenvalue weighted by Gasteiger charge is -2.08. The van der Waals surface area contributed by atoms with Gasteiger partial charge in [0.2, 0.25) is 0 Å². The van der Waals surface area contributed by atoms with Gasteiger partial charge < -0.3 is 0 Å². The summed E-state index contributed by atoms with van der Waals surface area (Å²) in [6.45, 7) is 0. The number of hydrogen-bond donors (Lipinski definition) is 0. The summed E-state index contributed by atoms with van der Waals surface area (Å²) in [4.78, 5) is 0. The van der Waals surface area contributed by atoms with E-state index in [1.165, 1.54) is 30.1 Å². The standard InChI is InChI=1S/C21H15F2N3S/c22-17-10-6-7-15(13-17)14-27-26-21(16-8-2-1-3-9-16)20(24-25-26)18-11-4-5-12-19(18)23/h1-13H,14H2. The first-order valence-corrected chi connectivity index (χ1v) is 9.30. The summed E-state index contributed by atoms with van der Waals surface area (Å²) >= 11 is 1.38. The molecule has 0 saturated heterocycles. The summed E-state index contributed by atoms with van der Waals surface area (Å²) in [5.41, 5.74) is 3.30. The van der Waals surface area contributed by atoms with Crippen LogP contribution in [0.15, 0.2) is 78.9 Å². The molecule has 1 aromatic heterocycles. The maximum absolute atomic E-state index is 14.4. The summed E-state index contributed by atoms with van der Waals surface area (Å²) in [5, 5.41) is 8.45. The summed E-state index contributed by atoms with van der Waals surface area (Å²) in [5.74, 6) is -0.114. The molecular weight excluding hydrogens is 364 g/mol. The van der Waals surface area contributed by atoms with Gasteiger partial charge in [-0.15, -0.1) is 5.10 Å². The van der Waals surface area contributed by atoms with Gasteiger partial charge in [0.1, 0.15) is 23.0 Å². The van der Waals surface area contributed by atoms with Crippen LogP contribution in [0, 0.1) is 11.6 Å². The Morgan fingerprint density at radius 3 is 2.41 bits per heavy atom. The normalized spacial score (nSPS) is 10.9. The minimum Gasteiger partial charge on any atom is -0.207 e. The number of benzene rings is 3. The Bertz CT molecular complexity index is 1060. The molecule has 1 heterocycles. The Hall–Kier alpha value is -2.99. The largest absolute Gasteiger partial charge is 0.207 e. The van der Waals surface area contributed by atoms with E-state index in [9.17, 15) is 8.78 Å². The van der Waals surface area contributed by atoms with Crippen molar-refractivity contribution in [1.29, 1.82) is 0 Å². The highest BCUT2D eigenvalue weighted by atomic mass is 32.2. The average molecular weight is 379 g/mol. The molecule has 4 rings (SSSR count). The molecule has 0 bridgehead atoms. The Kier molecular flexibility index (Phi) is 4.98. The molecule has 0 spiro atoms. The van der Waals surface area contributed by atoms with E-state index >= 15 is 0 Å². The van der Waals surface area contributed by atoms with Crippen LogP contribution in [0.3, 0.4) is 0 Å². The van der Waals surface area contributed by atoms with Gasteiger partial charge in [0.05, 0.1) is 0 Å². The zero-order valence-corrected chi connectivity index (χ0v) is 15.0. The molecule has 0 aliphatic heterocycles. The zero-order chi connectivity index (χ0) is 18.6. The van der Waals surface area contributed by atoms with E-state index in [-0.39, 0.29) is 11.6 Å². The molecule has 0 atom stereocenters. The van der Waals surface area contributed by atoms with Gasteiger partial charge in [-0.25, -0.2) is 8.78 Å². The van der Waals surface area contributed by atoms with Crippen LogP contribution in [0.5, 0.6) is 0 Å². The minimum absolute atomic E-state index is 0.276. The third-order valence-electron chi connectivity index (χ3n) is 4.06. The van der Waals surface area contributed by atoms with E-state index in [0.717, 1.165) is 11.1 Å². The monoisotopic (exact) mass is 379 g/mol. The summed E-state index contributed by atoms with van der Waals surface area (Å²) in [7, 11) is 0. The van der Waals surface area contributed by atoms with Crippen molar-refractivity contribution in [3.05, 3.63) is 96.1 Å². The first-order valence-electron chi connectivity index (χ1n) is 8.36. The smallest absolute Gasteiger partial charge is 0.132 e. The lowest BCUT2D eigenvalue weighted by atomic mass is 10.0. The van der Waals surface area contributed by atoms with E-state index in [0.29, 0.717) is 22.7 Å². The van der Waals surface area contributed by atoms with Crippen LogP contribution < -0.4 is 0 Å². The highest BCUT2D eigenvalue weighted by molar-refractivity contribution is 7.97. The van der Waals surface area contributed by atoms with Gasteiger partial charge in [0.25, 0.3) is 0 Å². The number of hydrogen-bond acceptors (Lipinski definition) is 3. The fourth-order valence-corrected chi connectivity index (χ4v) is 3.66. The SMILES string of the molecule is Fc1cccc(CSn2nnc(-c3ccccc3F)c2-c2ccccc2)c1. The first kappa shape index (κ1) is 17.4. The van der Waals surface area contributed by atoms with Crippen molar-refractivity contribution >= 4 is 11.9 Å². The molecule has 4 aromatic rings. The molecule has 0 radical (unpaired) electrons. The maximum Gasteiger partial charge on any atom is 0.132 e. The van der Waals surface area contributed by atoms with Gasteiger partial charge in [-0.05, 0) is 41.8 Å². The van der Waals surface area contributed by atoms with E-state index < -0.39 is 0 Å². The fraction of sp³-hybridized carbons (Fsp3) is 0.0476. The van der Waals surface area contributed by atoms with E-state index in [1.54, 1.807) is 28.4 Å². The van der Waals surface area contributed by atoms with Crippen molar-refractivity contribution < 1.29 is 8.78 Å². The lowest BCUT2D eigenvalue weighted by molar-refractivity contribution is 0.626. The summed E-state index contributed by atoms with van der Waals surface area (Å²) in [6, 6.07) is 22.5. The fourth-order valence-electron chi connectivity index (χ4n) is 2.80. The summed E-state index contributed by atoms with van der Waals surface area (Å²) < 4.78 is 29.4. The van der Waals surface area contributed by atoms with Crippen molar-refractivity contribution in [2.75, 3.05) is 0 Å². The van der Waals surface area contributed by atoms with Gasteiger partial charge in [-0.2, -0.15) is 4.09 Å². The van der Waals surface area contributed by atoms with Crippen molar-refractivity contribution in [3.63, 3.8) is 0 Å². The van der Waals surface area contributed by atoms with Crippen molar-refractivity contribution in [2.24, 2.45) is 0 Å². The van der Waals surface area contributed by atoms with Gasteiger partial charge in [-0.3, -0.25) is 0 Å². The molecule has 0 N–H and O–H groups in total. The highest BCUT2D eigenvalue weighted by Crippen LogP contribution is 2.34. The predicted octanol–water partition coefficient (Wildman–Crippen LogP) is 5.59. The number of nitrogens with zero attached hydrogens (tertiary/aromatic N) is 3. The van der Waals surface area contributed by atoms with E-state index in [1.807, 2.05) is 36.4 Å². The van der Waals surface area contributed by atoms with E-state index in [2.05, 4.69) is 10.3 Å². The zero-order valence-electron chi connectivity index (χ0n) is 14.2. The molecule has 0 aliphatic carbocycles. The maximum atomic E-state index is 14.4. The summed E-state index contributed by atoms with van der Waals surface area (Å²) in [6.07, 6.45) is 0. The predicted molar refractivity (Wildman–Crippen MR) is 104 cm³/mol. The molecule has 134 valence electrons. The molecular formula is C21H15F2N3S. The van der Waals surface area contributed by atoms with Gasteiger partial charge in [-0.1, -0.05) is 59.8 Å². The van der Waals surface area contributed by atoms with Crippen molar-refractivity contribution in [2.45, 2.75) is 5.75 Å². The highest BCUT2D eigenvalue weighted by Gasteiger charge is 2.19. The third kappa shape index (κ3) is 3.75. The third-order valence-corrected chi connectivity index (χ3v) is 5.02. The van der Waals surface area contributed by atoms with E-state index in [4.69, 9.17) is 0 Å². The average Bonchev–Trinajstić information content (AvgIpc) is 3.11. The molecule has 0 amide bonds. The van der Waals surface area contributed by atoms with Crippen LogP contribution in [0.25, 0.3) is 22.5 Å². The molecule has 0 saturated carbocycles. The Balaban J connectivity index is 1.75. The molecule has 3 nitrogen and oxygen atoms in total. The topological polar surface area (TPSA) is 30.7 Å². The molecule has 6 heteroatoms. The van der Waals surface area contributed by atoms with Gasteiger partial charge in [0, 0.05) is 16.9 Å². The Labute approximate surface area is 159 Å². The molecule has 0 aliphatic rings. The Morgan fingerprint density at radius 1 is 0.852 bits per heavy atom. The lowest BCUT2D eigenvalue weighted by Crippen LogP contribution is -1.96. The second-order valence-electron chi connectivity index (χ2n) is 5.91. The second-order valence-corrected chi connectivity index (χ2v) is 6.80. The van der Waals surface area contributed by atoms with Crippen LogP contribution in [-0.4, -0.2) is 14.4 Å². The quantitative estimate of drug-likeness (QED) is 0.453. The molecule has 3 aromatic carbocycles. The van der Waals surface area contributed by atoms with Crippen molar-refractivity contribution in [1.82, 2.24) is 14.4 Å². The molecule has 27 heavy (non-hydrogen) atoms. The van der Waals surface area contributed by atoms with Crippen LogP contribution >= 0.6 is 11.9 Å². The van der Waals surface area contributed by atoms with Crippen LogP contribution in [-0.2, 0) is 5.75 Å². The number of halogens is 2. The van der Waals surface area contributed by atoms with Gasteiger partial charge in [0.15, 0.2) is 0 Å². The number of aromatic nitrogens is 3. The van der Waals surface area contributed by atoms with Crippen LogP contribution in [0.1, 0.15) is 5.56 Å². The van der Waals surface area contributed by atoms with Gasteiger partial charge >= 0.3 is 0 Å². The van der Waals surface area contributed by atoms with Crippen LogP contribution in [0.4, 0.5) is 8.78 Å².